The lowest BCUT2D eigenvalue weighted by Gasteiger charge is -2.03. The van der Waals surface area contributed by atoms with Gasteiger partial charge < -0.3 is 5.73 Å². The van der Waals surface area contributed by atoms with Crippen molar-refractivity contribution in [2.75, 3.05) is 11.5 Å². The summed E-state index contributed by atoms with van der Waals surface area (Å²) in [6.07, 6.45) is 0. The third-order valence-corrected chi connectivity index (χ3v) is 3.41. The van der Waals surface area contributed by atoms with Gasteiger partial charge in [-0.3, -0.25) is 4.79 Å². The maximum atomic E-state index is 12.0. The van der Waals surface area contributed by atoms with Gasteiger partial charge in [0.2, 0.25) is 0 Å². The number of carbonyl (C=O) groups excluding carboxylic acids is 1. The SMILES string of the molecule is Cc1ccc(C(=O)CSc2nc(C)cc(N)n2)cc1. The first-order chi connectivity index (χ1) is 9.04. The highest BCUT2D eigenvalue weighted by atomic mass is 32.2. The first kappa shape index (κ1) is 13.5. The minimum Gasteiger partial charge on any atom is -0.384 e. The smallest absolute Gasteiger partial charge is 0.190 e. The Balaban J connectivity index is 2.02. The Kier molecular flexibility index (Phi) is 4.16. The quantitative estimate of drug-likeness (QED) is 0.527. The molecule has 0 bridgehead atoms. The summed E-state index contributed by atoms with van der Waals surface area (Å²) in [5, 5.41) is 0.540. The van der Waals surface area contributed by atoms with E-state index in [-0.39, 0.29) is 5.78 Å². The van der Waals surface area contributed by atoms with Crippen molar-refractivity contribution in [3.05, 3.63) is 47.2 Å². The number of rotatable bonds is 4. The minimum atomic E-state index is 0.0636. The van der Waals surface area contributed by atoms with Gasteiger partial charge in [-0.1, -0.05) is 41.6 Å². The second kappa shape index (κ2) is 5.84. The summed E-state index contributed by atoms with van der Waals surface area (Å²) in [5.74, 6) is 0.804. The Bertz CT molecular complexity index is 576. The zero-order valence-corrected chi connectivity index (χ0v) is 11.7. The molecule has 1 aromatic carbocycles. The van der Waals surface area contributed by atoms with Crippen LogP contribution in [-0.4, -0.2) is 21.5 Å². The third kappa shape index (κ3) is 3.79. The largest absolute Gasteiger partial charge is 0.384 e. The van der Waals surface area contributed by atoms with Gasteiger partial charge in [0.05, 0.1) is 5.75 Å². The summed E-state index contributed by atoms with van der Waals surface area (Å²) in [5.41, 5.74) is 8.29. The highest BCUT2D eigenvalue weighted by Gasteiger charge is 2.08. The van der Waals surface area contributed by atoms with Gasteiger partial charge in [-0.05, 0) is 13.8 Å². The molecule has 2 aromatic rings. The number of aromatic nitrogens is 2. The molecule has 0 saturated carbocycles. The lowest BCUT2D eigenvalue weighted by Crippen LogP contribution is -2.04. The maximum Gasteiger partial charge on any atom is 0.190 e. The molecule has 98 valence electrons. The van der Waals surface area contributed by atoms with Crippen LogP contribution in [0.5, 0.6) is 0 Å². The van der Waals surface area contributed by atoms with Crippen molar-refractivity contribution in [1.82, 2.24) is 9.97 Å². The van der Waals surface area contributed by atoms with Crippen LogP contribution >= 0.6 is 11.8 Å². The second-order valence-corrected chi connectivity index (χ2v) is 5.24. The zero-order valence-electron chi connectivity index (χ0n) is 10.9. The van der Waals surface area contributed by atoms with Gasteiger partial charge in [-0.15, -0.1) is 0 Å². The number of ketones is 1. The van der Waals surface area contributed by atoms with Gasteiger partial charge in [0.1, 0.15) is 5.82 Å². The van der Waals surface area contributed by atoms with E-state index in [0.717, 1.165) is 11.3 Å². The average Bonchev–Trinajstić information content (AvgIpc) is 2.36. The summed E-state index contributed by atoms with van der Waals surface area (Å²) in [6.45, 7) is 3.84. The van der Waals surface area contributed by atoms with Crippen molar-refractivity contribution >= 4 is 23.4 Å². The molecule has 2 N–H and O–H groups in total. The molecule has 0 aliphatic heterocycles. The molecule has 1 aromatic heterocycles. The van der Waals surface area contributed by atoms with Crippen molar-refractivity contribution in [2.45, 2.75) is 19.0 Å². The van der Waals surface area contributed by atoms with Crippen LogP contribution in [0.1, 0.15) is 21.6 Å². The average molecular weight is 273 g/mol. The van der Waals surface area contributed by atoms with E-state index in [0.29, 0.717) is 22.3 Å². The Labute approximate surface area is 116 Å². The molecule has 0 unspecified atom stereocenters. The first-order valence-electron chi connectivity index (χ1n) is 5.88. The fraction of sp³-hybridized carbons (Fsp3) is 0.214. The molecule has 0 aliphatic carbocycles. The summed E-state index contributed by atoms with van der Waals surface area (Å²) < 4.78 is 0. The van der Waals surface area contributed by atoms with Crippen LogP contribution in [0, 0.1) is 13.8 Å². The van der Waals surface area contributed by atoms with Crippen LogP contribution in [-0.2, 0) is 0 Å². The van der Waals surface area contributed by atoms with E-state index < -0.39 is 0 Å². The number of nitrogens with zero attached hydrogens (tertiary/aromatic N) is 2. The fourth-order valence-electron chi connectivity index (χ4n) is 1.58. The normalized spacial score (nSPS) is 10.4. The lowest BCUT2D eigenvalue weighted by molar-refractivity contribution is 0.102. The number of hydrogen-bond acceptors (Lipinski definition) is 5. The number of benzene rings is 1. The molecular weight excluding hydrogens is 258 g/mol. The van der Waals surface area contributed by atoms with E-state index in [2.05, 4.69) is 9.97 Å². The topological polar surface area (TPSA) is 68.9 Å². The minimum absolute atomic E-state index is 0.0636. The van der Waals surface area contributed by atoms with Crippen LogP contribution in [0.4, 0.5) is 5.82 Å². The van der Waals surface area contributed by atoms with Crippen molar-refractivity contribution in [1.29, 1.82) is 0 Å². The maximum absolute atomic E-state index is 12.0. The molecule has 0 aliphatic rings. The molecule has 1 heterocycles. The summed E-state index contributed by atoms with van der Waals surface area (Å²) in [4.78, 5) is 20.3. The molecule has 0 amide bonds. The number of Topliss-reactive ketones (excluding diaryl/α,β-unsaturated/α-hetero) is 1. The number of nitrogens with two attached hydrogens (primary N) is 1. The lowest BCUT2D eigenvalue weighted by atomic mass is 10.1. The highest BCUT2D eigenvalue weighted by Crippen LogP contribution is 2.17. The van der Waals surface area contributed by atoms with Crippen LogP contribution in [0.25, 0.3) is 0 Å². The van der Waals surface area contributed by atoms with E-state index in [1.165, 1.54) is 11.8 Å². The molecule has 0 atom stereocenters. The molecule has 0 spiro atoms. The van der Waals surface area contributed by atoms with Gasteiger partial charge in [-0.2, -0.15) is 0 Å². The van der Waals surface area contributed by atoms with Gasteiger partial charge in [-0.25, -0.2) is 9.97 Å². The standard InChI is InChI=1S/C14H15N3OS/c1-9-3-5-11(6-4-9)12(18)8-19-14-16-10(2)7-13(15)17-14/h3-7H,8H2,1-2H3,(H2,15,16,17). The van der Waals surface area contributed by atoms with Gasteiger partial charge >= 0.3 is 0 Å². The molecular formula is C14H15N3OS. The Hall–Kier alpha value is -1.88. The van der Waals surface area contributed by atoms with Crippen molar-refractivity contribution in [3.8, 4) is 0 Å². The zero-order chi connectivity index (χ0) is 13.8. The first-order valence-corrected chi connectivity index (χ1v) is 6.87. The number of carbonyl (C=O) groups is 1. The van der Waals surface area contributed by atoms with E-state index >= 15 is 0 Å². The predicted octanol–water partition coefficient (Wildman–Crippen LogP) is 2.65. The summed E-state index contributed by atoms with van der Waals surface area (Å²) >= 11 is 1.30. The molecule has 0 radical (unpaired) electrons. The van der Waals surface area contributed by atoms with E-state index in [4.69, 9.17) is 5.73 Å². The van der Waals surface area contributed by atoms with E-state index in [9.17, 15) is 4.79 Å². The van der Waals surface area contributed by atoms with E-state index in [1.54, 1.807) is 6.07 Å². The van der Waals surface area contributed by atoms with E-state index in [1.807, 2.05) is 38.1 Å². The van der Waals surface area contributed by atoms with Crippen molar-refractivity contribution in [3.63, 3.8) is 0 Å². The predicted molar refractivity (Wildman–Crippen MR) is 77.4 cm³/mol. The Morgan fingerprint density at radius 1 is 1.21 bits per heavy atom. The molecule has 2 rings (SSSR count). The molecule has 0 fully saturated rings. The molecule has 19 heavy (non-hydrogen) atoms. The summed E-state index contributed by atoms with van der Waals surface area (Å²) in [7, 11) is 0. The fourth-order valence-corrected chi connectivity index (χ4v) is 2.39. The number of aryl methyl sites for hydroxylation is 2. The van der Waals surface area contributed by atoms with Crippen LogP contribution in [0.2, 0.25) is 0 Å². The number of thioether (sulfide) groups is 1. The Morgan fingerprint density at radius 3 is 2.53 bits per heavy atom. The molecule has 0 saturated heterocycles. The van der Waals surface area contributed by atoms with Crippen molar-refractivity contribution in [2.24, 2.45) is 0 Å². The molecule has 4 nitrogen and oxygen atoms in total. The van der Waals surface area contributed by atoms with Crippen LogP contribution in [0.15, 0.2) is 35.5 Å². The monoisotopic (exact) mass is 273 g/mol. The third-order valence-electron chi connectivity index (χ3n) is 2.56. The van der Waals surface area contributed by atoms with Crippen LogP contribution < -0.4 is 5.73 Å². The van der Waals surface area contributed by atoms with Gasteiger partial charge in [0.15, 0.2) is 10.9 Å². The summed E-state index contributed by atoms with van der Waals surface area (Å²) in [6, 6.07) is 9.23. The van der Waals surface area contributed by atoms with Gasteiger partial charge in [0.25, 0.3) is 0 Å². The Morgan fingerprint density at radius 2 is 1.89 bits per heavy atom. The number of anilines is 1. The van der Waals surface area contributed by atoms with Crippen molar-refractivity contribution < 1.29 is 4.79 Å². The number of hydrogen-bond donors (Lipinski definition) is 1. The highest BCUT2D eigenvalue weighted by molar-refractivity contribution is 7.99. The van der Waals surface area contributed by atoms with Crippen LogP contribution in [0.3, 0.4) is 0 Å². The number of nitrogen functional groups attached to an aromatic ring is 1. The van der Waals surface area contributed by atoms with Gasteiger partial charge in [0, 0.05) is 17.3 Å². The molecule has 5 heteroatoms. The second-order valence-electron chi connectivity index (χ2n) is 4.29.